The molecule has 34 heavy (non-hydrogen) atoms. The Bertz CT molecular complexity index is 1110. The minimum Gasteiger partial charge on any atom is -0.378 e. The maximum absolute atomic E-state index is 12.2. The normalized spacial score (nSPS) is 34.4. The van der Waals surface area contributed by atoms with Crippen molar-refractivity contribution in [2.24, 2.45) is 11.3 Å². The molecule has 3 aliphatic carbocycles. The van der Waals surface area contributed by atoms with Crippen molar-refractivity contribution in [1.29, 1.82) is 0 Å². The van der Waals surface area contributed by atoms with Crippen LogP contribution >= 0.6 is 0 Å². The van der Waals surface area contributed by atoms with Crippen LogP contribution in [0.15, 0.2) is 47.1 Å². The highest BCUT2D eigenvalue weighted by Gasteiger charge is 2.63. The summed E-state index contributed by atoms with van der Waals surface area (Å²) in [7, 11) is 5.72. The largest absolute Gasteiger partial charge is 0.378 e. The first-order valence-electron chi connectivity index (χ1n) is 12.3. The highest BCUT2D eigenvalue weighted by molar-refractivity contribution is 5.93. The lowest BCUT2D eigenvalue weighted by Crippen LogP contribution is -2.53. The fraction of sp³-hybridized carbons (Fsp3) is 0.552. The highest BCUT2D eigenvalue weighted by Crippen LogP contribution is 2.64. The molecular weight excluding hydrogens is 426 g/mol. The first-order valence-corrected chi connectivity index (χ1v) is 12.3. The Morgan fingerprint density at radius 3 is 2.71 bits per heavy atom. The average molecular weight is 462 g/mol. The van der Waals surface area contributed by atoms with E-state index in [9.17, 15) is 9.90 Å². The Balaban J connectivity index is 1.63. The first-order chi connectivity index (χ1) is 16.3. The number of carbonyl (C=O) groups excluding carboxylic acids is 1. The molecule has 5 heteroatoms. The minimum atomic E-state index is -1.07. The van der Waals surface area contributed by atoms with E-state index >= 15 is 0 Å². The molecule has 0 aromatic heterocycles. The molecule has 0 spiro atoms. The van der Waals surface area contributed by atoms with Gasteiger partial charge in [-0.15, -0.1) is 0 Å². The number of anilines is 1. The molecule has 5 unspecified atom stereocenters. The number of benzene rings is 1. The lowest BCUT2D eigenvalue weighted by Gasteiger charge is -2.53. The van der Waals surface area contributed by atoms with E-state index in [0.717, 1.165) is 30.5 Å². The number of aliphatic hydroxyl groups is 1. The molecule has 2 fully saturated rings. The summed E-state index contributed by atoms with van der Waals surface area (Å²) in [5.74, 6) is 6.74. The molecule has 0 amide bonds. The summed E-state index contributed by atoms with van der Waals surface area (Å²) in [5, 5.41) is 11.8. The smallest absolute Gasteiger partial charge is 0.156 e. The van der Waals surface area contributed by atoms with Gasteiger partial charge in [0, 0.05) is 44.6 Å². The molecule has 180 valence electrons. The van der Waals surface area contributed by atoms with Gasteiger partial charge in [0.2, 0.25) is 0 Å². The van der Waals surface area contributed by atoms with E-state index in [1.807, 2.05) is 14.1 Å². The third kappa shape index (κ3) is 3.64. The van der Waals surface area contributed by atoms with E-state index in [2.05, 4.69) is 47.9 Å². The summed E-state index contributed by atoms with van der Waals surface area (Å²) in [6, 6.07) is 8.75. The van der Waals surface area contributed by atoms with Gasteiger partial charge >= 0.3 is 0 Å². The number of nitrogens with zero attached hydrogens (tertiary/aromatic N) is 1. The van der Waals surface area contributed by atoms with Crippen LogP contribution in [-0.4, -0.2) is 57.0 Å². The van der Waals surface area contributed by atoms with Gasteiger partial charge in [-0.25, -0.2) is 0 Å². The SMILES string of the molecule is COCC#CC1(O)CCC2C3OCC4=CC(=O)CCC4=C3C(c3ccc(N(C)C)cc3)CC21C. The van der Waals surface area contributed by atoms with Gasteiger partial charge < -0.3 is 19.5 Å². The molecule has 1 heterocycles. The van der Waals surface area contributed by atoms with Crippen molar-refractivity contribution in [2.75, 3.05) is 39.3 Å². The van der Waals surface area contributed by atoms with Gasteiger partial charge in [0.15, 0.2) is 5.78 Å². The predicted molar refractivity (Wildman–Crippen MR) is 133 cm³/mol. The van der Waals surface area contributed by atoms with Crippen LogP contribution in [0.3, 0.4) is 0 Å². The van der Waals surface area contributed by atoms with Crippen molar-refractivity contribution in [2.45, 2.75) is 56.7 Å². The monoisotopic (exact) mass is 461 g/mol. The van der Waals surface area contributed by atoms with E-state index < -0.39 is 11.0 Å². The second kappa shape index (κ2) is 8.68. The molecule has 0 saturated heterocycles. The second-order valence-corrected chi connectivity index (χ2v) is 10.7. The highest BCUT2D eigenvalue weighted by atomic mass is 16.5. The fourth-order valence-electron chi connectivity index (χ4n) is 6.78. The van der Waals surface area contributed by atoms with E-state index in [1.165, 1.54) is 16.7 Å². The topological polar surface area (TPSA) is 59.0 Å². The Labute approximate surface area is 202 Å². The molecule has 1 aromatic rings. The second-order valence-electron chi connectivity index (χ2n) is 10.7. The van der Waals surface area contributed by atoms with Gasteiger partial charge in [0.1, 0.15) is 12.2 Å². The van der Waals surface area contributed by atoms with Crippen LogP contribution in [0.4, 0.5) is 5.69 Å². The van der Waals surface area contributed by atoms with Crippen LogP contribution in [0.25, 0.3) is 0 Å². The van der Waals surface area contributed by atoms with E-state index in [4.69, 9.17) is 9.47 Å². The van der Waals surface area contributed by atoms with Gasteiger partial charge in [0.05, 0.1) is 12.7 Å². The van der Waals surface area contributed by atoms with Crippen molar-refractivity contribution >= 4 is 11.5 Å². The van der Waals surface area contributed by atoms with Crippen molar-refractivity contribution in [1.82, 2.24) is 0 Å². The zero-order valence-corrected chi connectivity index (χ0v) is 20.7. The molecule has 5 rings (SSSR count). The van der Waals surface area contributed by atoms with Crippen molar-refractivity contribution in [3.63, 3.8) is 0 Å². The maximum atomic E-state index is 12.2. The molecule has 4 aliphatic rings. The third-order valence-electron chi connectivity index (χ3n) is 8.69. The zero-order valence-electron chi connectivity index (χ0n) is 20.7. The third-order valence-corrected chi connectivity index (χ3v) is 8.69. The zero-order chi connectivity index (χ0) is 24.1. The van der Waals surface area contributed by atoms with Crippen molar-refractivity contribution in [3.05, 3.63) is 52.6 Å². The Morgan fingerprint density at radius 2 is 2.00 bits per heavy atom. The number of rotatable bonds is 3. The lowest BCUT2D eigenvalue weighted by molar-refractivity contribution is -0.115. The number of ether oxygens (including phenoxy) is 2. The van der Waals surface area contributed by atoms with E-state index in [-0.39, 0.29) is 23.7 Å². The average Bonchev–Trinajstić information content (AvgIpc) is 3.09. The predicted octanol–water partition coefficient (Wildman–Crippen LogP) is 4.02. The number of carbonyl (C=O) groups is 1. The summed E-state index contributed by atoms with van der Waals surface area (Å²) in [6.07, 6.45) is 5.40. The maximum Gasteiger partial charge on any atom is 0.156 e. The van der Waals surface area contributed by atoms with Gasteiger partial charge in [-0.2, -0.15) is 0 Å². The number of hydrogen-bond acceptors (Lipinski definition) is 5. The number of fused-ring (bicyclic) bond motifs is 4. The van der Waals surface area contributed by atoms with Crippen LogP contribution in [-0.2, 0) is 14.3 Å². The Kier molecular flexibility index (Phi) is 5.96. The Hall–Kier alpha value is -2.39. The number of methoxy groups -OCH3 is 1. The molecule has 0 radical (unpaired) electrons. The molecular formula is C29H35NO4. The molecule has 1 aliphatic heterocycles. The van der Waals surface area contributed by atoms with Crippen LogP contribution in [0.1, 0.15) is 50.5 Å². The van der Waals surface area contributed by atoms with Gasteiger partial charge in [-0.3, -0.25) is 4.79 Å². The first kappa shape index (κ1) is 23.4. The number of ketones is 1. The molecule has 1 aromatic carbocycles. The van der Waals surface area contributed by atoms with Crippen molar-refractivity contribution < 1.29 is 19.4 Å². The standard InChI is InChI=1S/C29H35NO4/c1-28-17-24(19-6-8-21(9-7-19)30(2)3)26-23-11-10-22(31)16-20(23)18-34-27(26)25(28)12-14-29(28,32)13-5-15-33-4/h6-9,16,24-25,27,32H,10-12,14-15,17-18H2,1-4H3. The Morgan fingerprint density at radius 1 is 1.24 bits per heavy atom. The summed E-state index contributed by atoms with van der Waals surface area (Å²) in [6.45, 7) is 2.99. The summed E-state index contributed by atoms with van der Waals surface area (Å²) < 4.78 is 11.7. The lowest BCUT2D eigenvalue weighted by atomic mass is 9.55. The van der Waals surface area contributed by atoms with E-state index in [1.54, 1.807) is 13.2 Å². The van der Waals surface area contributed by atoms with Crippen LogP contribution in [0.5, 0.6) is 0 Å². The summed E-state index contributed by atoms with van der Waals surface area (Å²) >= 11 is 0. The number of hydrogen-bond donors (Lipinski definition) is 1. The minimum absolute atomic E-state index is 0.0594. The van der Waals surface area contributed by atoms with Gasteiger partial charge in [-0.05, 0) is 72.1 Å². The fourth-order valence-corrected chi connectivity index (χ4v) is 6.78. The van der Waals surface area contributed by atoms with Crippen molar-refractivity contribution in [3.8, 4) is 11.8 Å². The molecule has 2 saturated carbocycles. The van der Waals surface area contributed by atoms with Crippen LogP contribution in [0, 0.1) is 23.2 Å². The molecule has 5 nitrogen and oxygen atoms in total. The van der Waals surface area contributed by atoms with Gasteiger partial charge in [-0.1, -0.05) is 30.9 Å². The van der Waals surface area contributed by atoms with Crippen LogP contribution < -0.4 is 4.90 Å². The number of allylic oxidation sites excluding steroid dienone is 1. The van der Waals surface area contributed by atoms with E-state index in [0.29, 0.717) is 26.1 Å². The van der Waals surface area contributed by atoms with Gasteiger partial charge in [0.25, 0.3) is 0 Å². The quantitative estimate of drug-likeness (QED) is 0.689. The summed E-state index contributed by atoms with van der Waals surface area (Å²) in [5.41, 5.74) is 4.62. The molecule has 0 bridgehead atoms. The molecule has 1 N–H and O–H groups in total. The summed E-state index contributed by atoms with van der Waals surface area (Å²) in [4.78, 5) is 14.3. The molecule has 5 atom stereocenters. The van der Waals surface area contributed by atoms with Crippen LogP contribution in [0.2, 0.25) is 0 Å².